The molecule has 1 aliphatic rings. The number of aliphatic carboxylic acids is 1. The molecule has 0 bridgehead atoms. The highest BCUT2D eigenvalue weighted by atomic mass is 32.2. The van der Waals surface area contributed by atoms with E-state index in [0.29, 0.717) is 0 Å². The van der Waals surface area contributed by atoms with Gasteiger partial charge in [-0.15, -0.1) is 0 Å². The van der Waals surface area contributed by atoms with Crippen LogP contribution in [0, 0.1) is 5.41 Å². The van der Waals surface area contributed by atoms with E-state index in [1.165, 1.54) is 6.92 Å². The first kappa shape index (κ1) is 14.0. The van der Waals surface area contributed by atoms with Gasteiger partial charge in [-0.25, -0.2) is 8.42 Å². The third-order valence-electron chi connectivity index (χ3n) is 3.94. The summed E-state index contributed by atoms with van der Waals surface area (Å²) in [5.74, 6) is -1.76. The molecule has 104 valence electrons. The first-order valence-corrected chi connectivity index (χ1v) is 7.83. The summed E-state index contributed by atoms with van der Waals surface area (Å²) in [5, 5.41) is 8.50. The Bertz CT molecular complexity index is 584. The van der Waals surface area contributed by atoms with Gasteiger partial charge in [-0.2, -0.15) is 0 Å². The molecule has 5 nitrogen and oxygen atoms in total. The first-order valence-electron chi connectivity index (χ1n) is 6.11. The zero-order valence-corrected chi connectivity index (χ0v) is 11.4. The molecule has 0 heterocycles. The van der Waals surface area contributed by atoms with E-state index >= 15 is 0 Å². The molecule has 0 aromatic heterocycles. The maximum Gasteiger partial charge on any atom is 0.312 e. The second-order valence-corrected chi connectivity index (χ2v) is 7.22. The van der Waals surface area contributed by atoms with Crippen LogP contribution in [0.3, 0.4) is 0 Å². The Balaban J connectivity index is 2.51. The molecule has 0 aliphatic heterocycles. The Hall–Kier alpha value is -1.40. The fourth-order valence-corrected chi connectivity index (χ4v) is 4.91. The zero-order valence-electron chi connectivity index (χ0n) is 10.6. The van der Waals surface area contributed by atoms with Crippen molar-refractivity contribution in [2.24, 2.45) is 11.1 Å². The molecule has 2 rings (SSSR count). The number of carboxylic acids is 1. The van der Waals surface area contributed by atoms with E-state index in [2.05, 4.69) is 0 Å². The highest BCUT2D eigenvalue weighted by Crippen LogP contribution is 2.62. The number of sulfone groups is 1. The van der Waals surface area contributed by atoms with Crippen molar-refractivity contribution >= 4 is 15.8 Å². The average molecular weight is 283 g/mol. The molecule has 1 aromatic carbocycles. The Morgan fingerprint density at radius 1 is 1.37 bits per heavy atom. The van der Waals surface area contributed by atoms with Crippen LogP contribution in [0.2, 0.25) is 0 Å². The van der Waals surface area contributed by atoms with Gasteiger partial charge >= 0.3 is 5.97 Å². The van der Waals surface area contributed by atoms with Crippen molar-refractivity contribution in [2.45, 2.75) is 18.1 Å². The second-order valence-electron chi connectivity index (χ2n) is 4.81. The van der Waals surface area contributed by atoms with E-state index in [1.807, 2.05) is 0 Å². The van der Waals surface area contributed by atoms with Crippen LogP contribution in [0.25, 0.3) is 0 Å². The molecule has 0 unspecified atom stereocenters. The molecule has 1 saturated carbocycles. The van der Waals surface area contributed by atoms with Crippen LogP contribution in [0.4, 0.5) is 0 Å². The molecule has 0 amide bonds. The highest BCUT2D eigenvalue weighted by Gasteiger charge is 2.74. The zero-order chi connectivity index (χ0) is 14.3. The van der Waals surface area contributed by atoms with Crippen molar-refractivity contribution in [3.8, 4) is 0 Å². The van der Waals surface area contributed by atoms with Crippen LogP contribution >= 0.6 is 0 Å². The lowest BCUT2D eigenvalue weighted by atomic mass is 9.99. The summed E-state index contributed by atoms with van der Waals surface area (Å²) in [4.78, 5) is 11.5. The lowest BCUT2D eigenvalue weighted by Crippen LogP contribution is -2.32. The molecule has 1 fully saturated rings. The molecular formula is C13H17NO4S. The van der Waals surface area contributed by atoms with Crippen molar-refractivity contribution < 1.29 is 18.3 Å². The van der Waals surface area contributed by atoms with Crippen molar-refractivity contribution in [2.75, 3.05) is 12.3 Å². The lowest BCUT2D eigenvalue weighted by Gasteiger charge is -2.09. The largest absolute Gasteiger partial charge is 0.481 e. The van der Waals surface area contributed by atoms with E-state index in [-0.39, 0.29) is 12.3 Å². The molecule has 3 atom stereocenters. The standard InChI is InChI=1S/C13H17NO4S/c1-2-19(17,18)11-10(9-6-4-3-5-7-9)13(11,8-14)12(15)16/h3-7,10-11H,2,8,14H2,1H3,(H,15,16)/t10-,11+,13-/m0/s1. The van der Waals surface area contributed by atoms with Gasteiger partial charge in [0, 0.05) is 18.2 Å². The van der Waals surface area contributed by atoms with Gasteiger partial charge in [0.25, 0.3) is 0 Å². The molecule has 1 aromatic rings. The molecule has 6 heteroatoms. The van der Waals surface area contributed by atoms with Crippen molar-refractivity contribution in [1.82, 2.24) is 0 Å². The summed E-state index contributed by atoms with van der Waals surface area (Å²) in [6, 6.07) is 8.85. The number of rotatable bonds is 5. The fraction of sp³-hybridized carbons (Fsp3) is 0.462. The van der Waals surface area contributed by atoms with E-state index < -0.39 is 32.4 Å². The van der Waals surface area contributed by atoms with E-state index in [4.69, 9.17) is 5.73 Å². The van der Waals surface area contributed by atoms with Crippen LogP contribution in [0.5, 0.6) is 0 Å². The molecule has 1 aliphatic carbocycles. The van der Waals surface area contributed by atoms with E-state index in [9.17, 15) is 18.3 Å². The molecule has 19 heavy (non-hydrogen) atoms. The second kappa shape index (κ2) is 4.61. The van der Waals surface area contributed by atoms with Crippen molar-refractivity contribution in [3.63, 3.8) is 0 Å². The fourth-order valence-electron chi connectivity index (χ4n) is 2.83. The predicted molar refractivity (Wildman–Crippen MR) is 71.6 cm³/mol. The molecule has 0 spiro atoms. The third-order valence-corrected chi connectivity index (χ3v) is 6.21. The Morgan fingerprint density at radius 2 is 1.95 bits per heavy atom. The minimum Gasteiger partial charge on any atom is -0.481 e. The molecule has 3 N–H and O–H groups in total. The summed E-state index contributed by atoms with van der Waals surface area (Å²) in [6.45, 7) is 1.35. The summed E-state index contributed by atoms with van der Waals surface area (Å²) < 4.78 is 24.2. The van der Waals surface area contributed by atoms with Crippen molar-refractivity contribution in [1.29, 1.82) is 0 Å². The van der Waals surface area contributed by atoms with Gasteiger partial charge in [-0.05, 0) is 5.56 Å². The Kier molecular flexibility index (Phi) is 3.40. The van der Waals surface area contributed by atoms with Gasteiger partial charge in [0.2, 0.25) is 0 Å². The summed E-state index contributed by atoms with van der Waals surface area (Å²) in [5.41, 5.74) is 4.93. The third kappa shape index (κ3) is 1.95. The van der Waals surface area contributed by atoms with Gasteiger partial charge in [-0.1, -0.05) is 37.3 Å². The maximum atomic E-state index is 12.1. The van der Waals surface area contributed by atoms with Gasteiger partial charge in [-0.3, -0.25) is 4.79 Å². The van der Waals surface area contributed by atoms with Crippen LogP contribution in [0.15, 0.2) is 30.3 Å². The monoisotopic (exact) mass is 283 g/mol. The van der Waals surface area contributed by atoms with E-state index in [0.717, 1.165) is 5.56 Å². The quantitative estimate of drug-likeness (QED) is 0.825. The summed E-state index contributed by atoms with van der Waals surface area (Å²) in [6.07, 6.45) is 0. The SMILES string of the molecule is CCS(=O)(=O)[C@@H]1[C@H](c2ccccc2)[C@]1(CN)C(=O)O. The Labute approximate surface area is 112 Å². The predicted octanol–water partition coefficient (Wildman–Crippen LogP) is 0.617. The van der Waals surface area contributed by atoms with Gasteiger partial charge in [0.15, 0.2) is 9.84 Å². The van der Waals surface area contributed by atoms with Crippen LogP contribution < -0.4 is 5.73 Å². The number of nitrogens with two attached hydrogens (primary N) is 1. The van der Waals surface area contributed by atoms with Gasteiger partial charge < -0.3 is 10.8 Å². The van der Waals surface area contributed by atoms with Crippen LogP contribution in [0.1, 0.15) is 18.4 Å². The van der Waals surface area contributed by atoms with Crippen molar-refractivity contribution in [3.05, 3.63) is 35.9 Å². The lowest BCUT2D eigenvalue weighted by molar-refractivity contribution is -0.143. The average Bonchev–Trinajstić information content (AvgIpc) is 3.11. The smallest absolute Gasteiger partial charge is 0.312 e. The summed E-state index contributed by atoms with van der Waals surface area (Å²) >= 11 is 0. The first-order chi connectivity index (χ1) is 8.91. The number of hydrogen-bond acceptors (Lipinski definition) is 4. The number of hydrogen-bond donors (Lipinski definition) is 2. The van der Waals surface area contributed by atoms with Gasteiger partial charge in [0.1, 0.15) is 5.41 Å². The highest BCUT2D eigenvalue weighted by molar-refractivity contribution is 7.92. The topological polar surface area (TPSA) is 97.5 Å². The number of carbonyl (C=O) groups is 1. The normalized spacial score (nSPS) is 30.0. The Morgan fingerprint density at radius 3 is 2.37 bits per heavy atom. The van der Waals surface area contributed by atoms with Crippen LogP contribution in [-0.4, -0.2) is 37.0 Å². The molecule has 0 radical (unpaired) electrons. The maximum absolute atomic E-state index is 12.1. The summed E-state index contributed by atoms with van der Waals surface area (Å²) in [7, 11) is -3.45. The molecular weight excluding hydrogens is 266 g/mol. The number of carboxylic acid groups (broad SMARTS) is 1. The molecule has 0 saturated heterocycles. The van der Waals surface area contributed by atoms with Gasteiger partial charge in [0.05, 0.1) is 5.25 Å². The number of benzene rings is 1. The minimum absolute atomic E-state index is 0.0734. The van der Waals surface area contributed by atoms with E-state index in [1.54, 1.807) is 30.3 Å². The van der Waals surface area contributed by atoms with Crippen LogP contribution in [-0.2, 0) is 14.6 Å². The minimum atomic E-state index is -3.45.